The number of nitrogens with zero attached hydrogens (tertiary/aromatic N) is 2. The van der Waals surface area contributed by atoms with Gasteiger partial charge in [-0.1, -0.05) is 11.6 Å². The lowest BCUT2D eigenvalue weighted by Crippen LogP contribution is -2.24. The number of nitrogens with two attached hydrogens (primary N) is 1. The first kappa shape index (κ1) is 10.8. The van der Waals surface area contributed by atoms with Crippen molar-refractivity contribution < 1.29 is 4.79 Å². The Morgan fingerprint density at radius 1 is 1.62 bits per heavy atom. The molecule has 0 aliphatic rings. The minimum absolute atomic E-state index is 0.124. The summed E-state index contributed by atoms with van der Waals surface area (Å²) in [5.41, 5.74) is 7.22. The number of anilines is 1. The van der Waals surface area contributed by atoms with Crippen LogP contribution in [0.1, 0.15) is 0 Å². The van der Waals surface area contributed by atoms with Crippen LogP contribution in [0.3, 0.4) is 0 Å². The van der Waals surface area contributed by atoms with Gasteiger partial charge in [-0.25, -0.2) is 4.98 Å². The Kier molecular flexibility index (Phi) is 2.70. The molecule has 5 nitrogen and oxygen atoms in total. The Morgan fingerprint density at radius 2 is 2.38 bits per heavy atom. The van der Waals surface area contributed by atoms with E-state index in [-0.39, 0.29) is 12.5 Å². The van der Waals surface area contributed by atoms with Crippen LogP contribution in [0.15, 0.2) is 18.2 Å². The van der Waals surface area contributed by atoms with Crippen LogP contribution < -0.4 is 11.1 Å². The molecule has 0 saturated heterocycles. The van der Waals surface area contributed by atoms with Crippen LogP contribution in [-0.4, -0.2) is 22.5 Å². The standard InChI is InChI=1S/C10H11ClN4O/c1-13-9(16)5-15-8-3-2-6(11)4-7(8)14-10(15)12/h2-4H,5H2,1H3,(H2,12,14)(H,13,16). The average molecular weight is 239 g/mol. The zero-order valence-corrected chi connectivity index (χ0v) is 9.45. The molecule has 84 valence electrons. The zero-order chi connectivity index (χ0) is 11.7. The smallest absolute Gasteiger partial charge is 0.239 e. The molecule has 0 unspecified atom stereocenters. The summed E-state index contributed by atoms with van der Waals surface area (Å²) in [6, 6.07) is 5.25. The summed E-state index contributed by atoms with van der Waals surface area (Å²) in [5, 5.41) is 3.13. The number of carbonyl (C=O) groups is 1. The molecule has 2 rings (SSSR count). The fourth-order valence-electron chi connectivity index (χ4n) is 1.51. The van der Waals surface area contributed by atoms with Crippen LogP contribution in [0, 0.1) is 0 Å². The maximum absolute atomic E-state index is 11.3. The number of hydrogen-bond donors (Lipinski definition) is 2. The first-order valence-electron chi connectivity index (χ1n) is 4.73. The fraction of sp³-hybridized carbons (Fsp3) is 0.200. The van der Waals surface area contributed by atoms with Gasteiger partial charge in [0, 0.05) is 12.1 Å². The van der Waals surface area contributed by atoms with Crippen LogP contribution in [0.5, 0.6) is 0 Å². The molecule has 0 radical (unpaired) electrons. The van der Waals surface area contributed by atoms with Gasteiger partial charge in [0.1, 0.15) is 6.54 Å². The average Bonchev–Trinajstić information content (AvgIpc) is 2.54. The lowest BCUT2D eigenvalue weighted by molar-refractivity contribution is -0.121. The number of carbonyl (C=O) groups excluding carboxylic acids is 1. The van der Waals surface area contributed by atoms with Gasteiger partial charge in [0.25, 0.3) is 0 Å². The molecule has 0 aliphatic heterocycles. The van der Waals surface area contributed by atoms with Crippen molar-refractivity contribution in [3.05, 3.63) is 23.2 Å². The van der Waals surface area contributed by atoms with E-state index in [9.17, 15) is 4.79 Å². The first-order chi connectivity index (χ1) is 7.61. The number of rotatable bonds is 2. The molecular formula is C10H11ClN4O. The molecule has 6 heteroatoms. The SMILES string of the molecule is CNC(=O)Cn1c(N)nc2cc(Cl)ccc21. The van der Waals surface area contributed by atoms with Crippen molar-refractivity contribution >= 4 is 34.5 Å². The molecule has 3 N–H and O–H groups in total. The molecule has 16 heavy (non-hydrogen) atoms. The third kappa shape index (κ3) is 1.81. The summed E-state index contributed by atoms with van der Waals surface area (Å²) >= 11 is 5.84. The van der Waals surface area contributed by atoms with Crippen molar-refractivity contribution in [3.63, 3.8) is 0 Å². The molecule has 1 heterocycles. The van der Waals surface area contributed by atoms with E-state index in [4.69, 9.17) is 17.3 Å². The van der Waals surface area contributed by atoms with Crippen LogP contribution >= 0.6 is 11.6 Å². The number of benzene rings is 1. The van der Waals surface area contributed by atoms with Crippen molar-refractivity contribution in [2.24, 2.45) is 0 Å². The third-order valence-electron chi connectivity index (χ3n) is 2.32. The predicted octanol–water partition coefficient (Wildman–Crippen LogP) is 1.02. The molecule has 1 aromatic carbocycles. The van der Waals surface area contributed by atoms with E-state index in [1.54, 1.807) is 29.8 Å². The molecule has 0 spiro atoms. The van der Waals surface area contributed by atoms with E-state index >= 15 is 0 Å². The quantitative estimate of drug-likeness (QED) is 0.821. The van der Waals surface area contributed by atoms with E-state index in [1.165, 1.54) is 0 Å². The number of amides is 1. The van der Waals surface area contributed by atoms with E-state index in [0.29, 0.717) is 16.5 Å². The van der Waals surface area contributed by atoms with E-state index in [2.05, 4.69) is 10.3 Å². The number of nitrogens with one attached hydrogen (secondary N) is 1. The summed E-state index contributed by atoms with van der Waals surface area (Å²) in [5.74, 6) is 0.182. The maximum atomic E-state index is 11.3. The second-order valence-electron chi connectivity index (χ2n) is 3.36. The predicted molar refractivity (Wildman–Crippen MR) is 63.2 cm³/mol. The molecular weight excluding hydrogens is 228 g/mol. The Bertz CT molecular complexity index is 549. The highest BCUT2D eigenvalue weighted by Gasteiger charge is 2.10. The molecule has 2 aromatic rings. The van der Waals surface area contributed by atoms with Gasteiger partial charge < -0.3 is 15.6 Å². The summed E-state index contributed by atoms with van der Waals surface area (Å²) in [6.45, 7) is 0.153. The van der Waals surface area contributed by atoms with Crippen molar-refractivity contribution in [1.29, 1.82) is 0 Å². The fourth-order valence-corrected chi connectivity index (χ4v) is 1.68. The number of halogens is 1. The molecule has 1 aromatic heterocycles. The summed E-state index contributed by atoms with van der Waals surface area (Å²) in [6.07, 6.45) is 0. The van der Waals surface area contributed by atoms with Gasteiger partial charge in [-0.05, 0) is 18.2 Å². The maximum Gasteiger partial charge on any atom is 0.239 e. The number of nitrogen functional groups attached to an aromatic ring is 1. The van der Waals surface area contributed by atoms with Gasteiger partial charge in [-0.2, -0.15) is 0 Å². The lowest BCUT2D eigenvalue weighted by Gasteiger charge is -2.04. The van der Waals surface area contributed by atoms with E-state index < -0.39 is 0 Å². The summed E-state index contributed by atoms with van der Waals surface area (Å²) in [7, 11) is 1.58. The Hall–Kier alpha value is -1.75. The highest BCUT2D eigenvalue weighted by Crippen LogP contribution is 2.21. The molecule has 0 aliphatic carbocycles. The molecule has 0 saturated carbocycles. The number of fused-ring (bicyclic) bond motifs is 1. The van der Waals surface area contributed by atoms with Crippen molar-refractivity contribution in [2.45, 2.75) is 6.54 Å². The zero-order valence-electron chi connectivity index (χ0n) is 8.70. The van der Waals surface area contributed by atoms with Gasteiger partial charge in [-0.3, -0.25) is 4.79 Å². The van der Waals surface area contributed by atoms with Crippen molar-refractivity contribution in [1.82, 2.24) is 14.9 Å². The minimum atomic E-state index is -0.124. The Balaban J connectivity index is 2.52. The van der Waals surface area contributed by atoms with Gasteiger partial charge >= 0.3 is 0 Å². The highest BCUT2D eigenvalue weighted by atomic mass is 35.5. The van der Waals surface area contributed by atoms with Crippen LogP contribution in [0.25, 0.3) is 11.0 Å². The summed E-state index contributed by atoms with van der Waals surface area (Å²) < 4.78 is 1.64. The largest absolute Gasteiger partial charge is 0.369 e. The molecule has 0 bridgehead atoms. The lowest BCUT2D eigenvalue weighted by atomic mass is 10.3. The second kappa shape index (κ2) is 4.02. The summed E-state index contributed by atoms with van der Waals surface area (Å²) in [4.78, 5) is 15.4. The van der Waals surface area contributed by atoms with Crippen LogP contribution in [0.2, 0.25) is 5.02 Å². The second-order valence-corrected chi connectivity index (χ2v) is 3.80. The Morgan fingerprint density at radius 3 is 3.06 bits per heavy atom. The molecule has 0 atom stereocenters. The van der Waals surface area contributed by atoms with Crippen LogP contribution in [-0.2, 0) is 11.3 Å². The van der Waals surface area contributed by atoms with Gasteiger partial charge in [0.05, 0.1) is 11.0 Å². The van der Waals surface area contributed by atoms with Gasteiger partial charge in [0.15, 0.2) is 0 Å². The first-order valence-corrected chi connectivity index (χ1v) is 5.11. The van der Waals surface area contributed by atoms with Gasteiger partial charge in [0.2, 0.25) is 11.9 Å². The Labute approximate surface area is 97.2 Å². The molecule has 0 fully saturated rings. The molecule has 1 amide bonds. The highest BCUT2D eigenvalue weighted by molar-refractivity contribution is 6.31. The normalized spacial score (nSPS) is 10.6. The van der Waals surface area contributed by atoms with Crippen molar-refractivity contribution in [2.75, 3.05) is 12.8 Å². The number of aromatic nitrogens is 2. The van der Waals surface area contributed by atoms with E-state index in [0.717, 1.165) is 5.52 Å². The van der Waals surface area contributed by atoms with Crippen molar-refractivity contribution in [3.8, 4) is 0 Å². The number of likely N-dealkylation sites (N-methyl/N-ethyl adjacent to an activating group) is 1. The third-order valence-corrected chi connectivity index (χ3v) is 2.56. The minimum Gasteiger partial charge on any atom is -0.369 e. The van der Waals surface area contributed by atoms with Crippen LogP contribution in [0.4, 0.5) is 5.95 Å². The topological polar surface area (TPSA) is 72.9 Å². The number of hydrogen-bond acceptors (Lipinski definition) is 3. The monoisotopic (exact) mass is 238 g/mol. The van der Waals surface area contributed by atoms with Gasteiger partial charge in [-0.15, -0.1) is 0 Å². The van der Waals surface area contributed by atoms with E-state index in [1.807, 2.05) is 0 Å². The number of imidazole rings is 1.